The maximum absolute atomic E-state index is 11.7. The van der Waals surface area contributed by atoms with E-state index in [1.165, 1.54) is 5.69 Å². The monoisotopic (exact) mass is 277 g/mol. The molecular weight excluding hydrogens is 262 g/mol. The average Bonchev–Trinajstić information content (AvgIpc) is 2.56. The van der Waals surface area contributed by atoms with Crippen LogP contribution in [0.25, 0.3) is 0 Å². The first-order valence-electron chi connectivity index (χ1n) is 4.85. The average molecular weight is 277 g/mol. The largest absolute Gasteiger partial charge is 0.309 e. The lowest BCUT2D eigenvalue weighted by atomic mass is 10.2. The molecule has 0 bridgehead atoms. The van der Waals surface area contributed by atoms with Gasteiger partial charge in [0.1, 0.15) is 0 Å². The molecule has 4 unspecified atom stereocenters. The summed E-state index contributed by atoms with van der Waals surface area (Å²) in [6, 6.07) is 5.98. The normalized spacial score (nSPS) is 27.1. The molecule has 0 N–H and O–H groups in total. The Balaban J connectivity index is 2.38. The molecule has 0 saturated carbocycles. The van der Waals surface area contributed by atoms with E-state index in [1.54, 1.807) is 6.07 Å². The molecule has 0 saturated heterocycles. The van der Waals surface area contributed by atoms with E-state index in [-0.39, 0.29) is 12.9 Å². The lowest BCUT2D eigenvalue weighted by molar-refractivity contribution is 0.573. The molecule has 2 nitrogen and oxygen atoms in total. The Kier molecular flexibility index (Phi) is 3.96. The maximum atomic E-state index is 11.7. The number of hydrogen-bond donors (Lipinski definition) is 0. The topological polar surface area (TPSA) is 22.0 Å². The fraction of sp³-hybridized carbons (Fsp3) is 0.444. The summed E-state index contributed by atoms with van der Waals surface area (Å²) in [6.45, 7) is 2.17. The Morgan fingerprint density at radius 1 is 1.60 bits per heavy atom. The summed E-state index contributed by atoms with van der Waals surface area (Å²) in [7, 11) is 6.69. The van der Waals surface area contributed by atoms with Crippen molar-refractivity contribution in [2.45, 2.75) is 25.0 Å². The minimum absolute atomic E-state index is 0.0299. The molecule has 0 amide bonds. The van der Waals surface area contributed by atoms with Crippen LogP contribution in [0.5, 0.6) is 0 Å². The minimum atomic E-state index is -0.0299. The molecule has 0 fully saturated rings. The summed E-state index contributed by atoms with van der Waals surface area (Å²) in [6.07, 6.45) is 1.06. The second-order valence-electron chi connectivity index (χ2n) is 3.77. The Morgan fingerprint density at radius 2 is 2.33 bits per heavy atom. The summed E-state index contributed by atoms with van der Waals surface area (Å²) in [5.74, 6) is 0. The van der Waals surface area contributed by atoms with E-state index in [4.69, 9.17) is 0 Å². The van der Waals surface area contributed by atoms with Gasteiger partial charge in [-0.05, 0) is 19.4 Å². The van der Waals surface area contributed by atoms with Gasteiger partial charge in [-0.3, -0.25) is 4.79 Å². The molecule has 0 aromatic carbocycles. The van der Waals surface area contributed by atoms with Crippen molar-refractivity contribution in [2.24, 2.45) is 0 Å². The third-order valence-corrected chi connectivity index (χ3v) is 14.3. The van der Waals surface area contributed by atoms with E-state index in [2.05, 4.69) is 30.8 Å². The summed E-state index contributed by atoms with van der Waals surface area (Å²) >= 11 is 0. The second kappa shape index (κ2) is 4.89. The molecule has 15 heavy (non-hydrogen) atoms. The molecule has 82 valence electrons. The highest BCUT2D eigenvalue weighted by Crippen LogP contribution is 2.71. The number of rotatable bonds is 2. The maximum Gasteiger partial charge on any atom is 0.250 e. The van der Waals surface area contributed by atoms with Crippen LogP contribution >= 0.6 is 33.1 Å². The van der Waals surface area contributed by atoms with Crippen LogP contribution in [0.3, 0.4) is 0 Å². The van der Waals surface area contributed by atoms with Crippen LogP contribution in [0.4, 0.5) is 0 Å². The highest BCUT2D eigenvalue weighted by atomic mass is 32.6. The minimum Gasteiger partial charge on any atom is -0.309 e. The van der Waals surface area contributed by atoms with Crippen molar-refractivity contribution >= 4 is 33.1 Å². The number of aromatic nitrogens is 1. The van der Waals surface area contributed by atoms with Crippen LogP contribution in [0.15, 0.2) is 23.0 Å². The van der Waals surface area contributed by atoms with Crippen LogP contribution in [-0.4, -0.2) is 10.2 Å². The van der Waals surface area contributed by atoms with Gasteiger partial charge in [-0.15, -0.1) is 17.9 Å². The molecule has 1 aliphatic rings. The van der Waals surface area contributed by atoms with Gasteiger partial charge in [0.25, 0.3) is 5.56 Å². The van der Waals surface area contributed by atoms with E-state index in [9.17, 15) is 4.79 Å². The molecular formula is C9H15NOP4. The molecule has 6 heteroatoms. The number of pyridine rings is 1. The summed E-state index contributed by atoms with van der Waals surface area (Å²) in [5.41, 5.74) is 2.01. The van der Waals surface area contributed by atoms with E-state index < -0.39 is 0 Å². The van der Waals surface area contributed by atoms with E-state index in [1.807, 2.05) is 10.6 Å². The number of fused-ring (bicyclic) bond motifs is 1. The molecule has 2 heterocycles. The predicted octanol–water partition coefficient (Wildman–Crippen LogP) is 2.99. The van der Waals surface area contributed by atoms with Crippen LogP contribution in [0, 0.1) is 0 Å². The molecule has 0 spiro atoms. The molecule has 1 aliphatic heterocycles. The van der Waals surface area contributed by atoms with Gasteiger partial charge in [-0.1, -0.05) is 21.3 Å². The Labute approximate surface area is 97.2 Å². The van der Waals surface area contributed by atoms with Crippen molar-refractivity contribution in [2.75, 3.05) is 0 Å². The standard InChI is InChI=1S/C9H15NOP4/c1-6-8(15(13)14-12)5-7-3-2-4-9(11)10(6)7/h2-4,6,8,14H,5,12-13H2,1H3/t6-,8+,15?/m1/s1. The van der Waals surface area contributed by atoms with Crippen LogP contribution in [0.1, 0.15) is 18.7 Å². The lowest BCUT2D eigenvalue weighted by Gasteiger charge is -2.22. The van der Waals surface area contributed by atoms with Gasteiger partial charge in [-0.2, -0.15) is 0 Å². The zero-order valence-electron chi connectivity index (χ0n) is 8.55. The molecule has 0 aliphatic carbocycles. The SMILES string of the molecule is C[C@@H]1[C@@H](P(P)PP)Cc2cccc(=O)n21. The highest BCUT2D eigenvalue weighted by Gasteiger charge is 2.32. The van der Waals surface area contributed by atoms with Crippen molar-refractivity contribution in [1.82, 2.24) is 4.57 Å². The first kappa shape index (κ1) is 12.1. The molecule has 6 atom stereocenters. The molecule has 1 aromatic heterocycles. The van der Waals surface area contributed by atoms with Gasteiger partial charge in [-0.25, -0.2) is 0 Å². The first-order valence-corrected chi connectivity index (χ1v) is 11.5. The zero-order valence-corrected chi connectivity index (χ0v) is 12.8. The predicted molar refractivity (Wildman–Crippen MR) is 77.6 cm³/mol. The van der Waals surface area contributed by atoms with Gasteiger partial charge in [0.2, 0.25) is 0 Å². The van der Waals surface area contributed by atoms with Crippen molar-refractivity contribution in [3.05, 3.63) is 34.2 Å². The quantitative estimate of drug-likeness (QED) is 0.762. The van der Waals surface area contributed by atoms with E-state index in [0.29, 0.717) is 11.7 Å². The highest BCUT2D eigenvalue weighted by molar-refractivity contribution is 8.61. The molecule has 2 rings (SSSR count). The number of nitrogens with zero attached hydrogens (tertiary/aromatic N) is 1. The summed E-state index contributed by atoms with van der Waals surface area (Å²) in [5, 5.41) is 0. The van der Waals surface area contributed by atoms with Crippen LogP contribution in [-0.2, 0) is 6.42 Å². The van der Waals surface area contributed by atoms with Crippen LogP contribution < -0.4 is 5.56 Å². The van der Waals surface area contributed by atoms with E-state index in [0.717, 1.165) is 14.4 Å². The fourth-order valence-corrected chi connectivity index (χ4v) is 7.61. The number of hydrogen-bond acceptors (Lipinski definition) is 1. The van der Waals surface area contributed by atoms with Crippen molar-refractivity contribution in [3.8, 4) is 0 Å². The summed E-state index contributed by atoms with van der Waals surface area (Å²) < 4.78 is 1.97. The van der Waals surface area contributed by atoms with Crippen molar-refractivity contribution in [3.63, 3.8) is 0 Å². The van der Waals surface area contributed by atoms with Gasteiger partial charge in [0.15, 0.2) is 0 Å². The van der Waals surface area contributed by atoms with Gasteiger partial charge in [0.05, 0.1) is 0 Å². The Bertz CT molecular complexity index is 419. The lowest BCUT2D eigenvalue weighted by Crippen LogP contribution is -2.22. The van der Waals surface area contributed by atoms with Gasteiger partial charge >= 0.3 is 0 Å². The third-order valence-electron chi connectivity index (χ3n) is 2.96. The van der Waals surface area contributed by atoms with Gasteiger partial charge < -0.3 is 4.57 Å². The first-order chi connectivity index (χ1) is 7.15. The smallest absolute Gasteiger partial charge is 0.250 e. The molecule has 0 radical (unpaired) electrons. The Morgan fingerprint density at radius 3 is 2.93 bits per heavy atom. The second-order valence-corrected chi connectivity index (χ2v) is 13.4. The Hall–Kier alpha value is 0.670. The third kappa shape index (κ3) is 2.21. The van der Waals surface area contributed by atoms with Crippen molar-refractivity contribution in [1.29, 1.82) is 0 Å². The van der Waals surface area contributed by atoms with Gasteiger partial charge in [0, 0.05) is 23.5 Å². The molecule has 1 aromatic rings. The zero-order chi connectivity index (χ0) is 11.0. The van der Waals surface area contributed by atoms with Crippen LogP contribution in [0.2, 0.25) is 0 Å². The fourth-order valence-electron chi connectivity index (χ4n) is 2.16. The summed E-state index contributed by atoms with van der Waals surface area (Å²) in [4.78, 5) is 11.7. The van der Waals surface area contributed by atoms with E-state index >= 15 is 0 Å². The van der Waals surface area contributed by atoms with Crippen molar-refractivity contribution < 1.29 is 0 Å².